The fourth-order valence-electron chi connectivity index (χ4n) is 4.07. The van der Waals surface area contributed by atoms with Crippen molar-refractivity contribution in [3.8, 4) is 5.75 Å². The molecule has 3 aromatic carbocycles. The van der Waals surface area contributed by atoms with Gasteiger partial charge in [-0.2, -0.15) is 0 Å². The summed E-state index contributed by atoms with van der Waals surface area (Å²) in [6.07, 6.45) is 0. The summed E-state index contributed by atoms with van der Waals surface area (Å²) < 4.78 is 11.0. The lowest BCUT2D eigenvalue weighted by atomic mass is 10.1. The number of carbonyl (C=O) groups excluding carboxylic acids is 2. The van der Waals surface area contributed by atoms with Gasteiger partial charge in [0.05, 0.1) is 25.4 Å². The minimum Gasteiger partial charge on any atom is -0.482 e. The van der Waals surface area contributed by atoms with E-state index in [1.54, 1.807) is 23.1 Å². The molecule has 2 aliphatic rings. The molecule has 0 bridgehead atoms. The monoisotopic (exact) mass is 443 g/mol. The predicted octanol–water partition coefficient (Wildman–Crippen LogP) is 3.70. The number of ether oxygens (including phenoxy) is 2. The normalized spacial score (nSPS) is 15.6. The first kappa shape index (κ1) is 21.0. The number of anilines is 3. The number of morpholine rings is 1. The van der Waals surface area contributed by atoms with E-state index in [2.05, 4.69) is 10.2 Å². The molecule has 0 saturated carbocycles. The molecule has 2 amide bonds. The quantitative estimate of drug-likeness (QED) is 0.651. The zero-order valence-corrected chi connectivity index (χ0v) is 18.2. The summed E-state index contributed by atoms with van der Waals surface area (Å²) >= 11 is 0. The van der Waals surface area contributed by atoms with Gasteiger partial charge in [0.1, 0.15) is 5.75 Å². The lowest BCUT2D eigenvalue weighted by Crippen LogP contribution is -2.38. The van der Waals surface area contributed by atoms with E-state index in [1.807, 2.05) is 54.6 Å². The maximum atomic E-state index is 12.8. The van der Waals surface area contributed by atoms with Gasteiger partial charge in [-0.1, -0.05) is 30.3 Å². The van der Waals surface area contributed by atoms with Gasteiger partial charge in [-0.05, 0) is 48.0 Å². The molecule has 1 fully saturated rings. The third-order valence-corrected chi connectivity index (χ3v) is 5.85. The van der Waals surface area contributed by atoms with Crippen molar-refractivity contribution in [1.82, 2.24) is 0 Å². The first-order valence-electron chi connectivity index (χ1n) is 11.0. The number of fused-ring (bicyclic) bond motifs is 1. The van der Waals surface area contributed by atoms with Crippen molar-refractivity contribution in [3.63, 3.8) is 0 Å². The molecule has 0 spiro atoms. The molecule has 0 aromatic heterocycles. The highest BCUT2D eigenvalue weighted by atomic mass is 16.5. The SMILES string of the molecule is O=C(Nc1ccc(N2CCOCC2)cc1)c1ccc2c(c1)OCC(=O)N2Cc1ccccc1. The van der Waals surface area contributed by atoms with Crippen LogP contribution in [0.3, 0.4) is 0 Å². The van der Waals surface area contributed by atoms with E-state index in [-0.39, 0.29) is 18.4 Å². The van der Waals surface area contributed by atoms with Crippen molar-refractivity contribution in [3.05, 3.63) is 83.9 Å². The molecule has 2 aliphatic heterocycles. The zero-order valence-electron chi connectivity index (χ0n) is 18.2. The van der Waals surface area contributed by atoms with Gasteiger partial charge in [0.15, 0.2) is 6.61 Å². The minimum absolute atomic E-state index is 0.0477. The Bertz CT molecular complexity index is 1140. The van der Waals surface area contributed by atoms with Gasteiger partial charge in [-0.25, -0.2) is 0 Å². The van der Waals surface area contributed by atoms with E-state index in [4.69, 9.17) is 9.47 Å². The molecule has 2 heterocycles. The van der Waals surface area contributed by atoms with Crippen molar-refractivity contribution >= 4 is 28.9 Å². The predicted molar refractivity (Wildman–Crippen MR) is 127 cm³/mol. The average Bonchev–Trinajstić information content (AvgIpc) is 2.87. The second kappa shape index (κ2) is 9.34. The molecule has 0 aliphatic carbocycles. The topological polar surface area (TPSA) is 71.1 Å². The number of hydrogen-bond acceptors (Lipinski definition) is 5. The summed E-state index contributed by atoms with van der Waals surface area (Å²) in [7, 11) is 0. The highest BCUT2D eigenvalue weighted by molar-refractivity contribution is 6.06. The van der Waals surface area contributed by atoms with Crippen LogP contribution in [0.4, 0.5) is 17.1 Å². The van der Waals surface area contributed by atoms with Crippen LogP contribution in [0.5, 0.6) is 5.75 Å². The fraction of sp³-hybridized carbons (Fsp3) is 0.231. The van der Waals surface area contributed by atoms with E-state index in [0.717, 1.165) is 43.2 Å². The molecule has 3 aromatic rings. The van der Waals surface area contributed by atoms with E-state index >= 15 is 0 Å². The van der Waals surface area contributed by atoms with E-state index in [0.29, 0.717) is 23.5 Å². The Morgan fingerprint density at radius 3 is 2.45 bits per heavy atom. The molecule has 7 heteroatoms. The summed E-state index contributed by atoms with van der Waals surface area (Å²) in [5.74, 6) is 0.191. The summed E-state index contributed by atoms with van der Waals surface area (Å²) in [6, 6.07) is 22.8. The summed E-state index contributed by atoms with van der Waals surface area (Å²) in [5.41, 5.74) is 4.00. The second-order valence-corrected chi connectivity index (χ2v) is 8.04. The van der Waals surface area contributed by atoms with Crippen molar-refractivity contribution in [2.45, 2.75) is 6.54 Å². The van der Waals surface area contributed by atoms with Crippen LogP contribution >= 0.6 is 0 Å². The minimum atomic E-state index is -0.230. The molecule has 0 radical (unpaired) electrons. The molecule has 7 nitrogen and oxygen atoms in total. The molecular formula is C26H25N3O4. The zero-order chi connectivity index (χ0) is 22.6. The average molecular weight is 444 g/mol. The highest BCUT2D eigenvalue weighted by Crippen LogP contribution is 2.34. The first-order chi connectivity index (χ1) is 16.2. The van der Waals surface area contributed by atoms with Gasteiger partial charge < -0.3 is 24.6 Å². The van der Waals surface area contributed by atoms with E-state index < -0.39 is 0 Å². The van der Waals surface area contributed by atoms with Crippen LogP contribution in [-0.2, 0) is 16.1 Å². The Labute approximate surface area is 192 Å². The van der Waals surface area contributed by atoms with Crippen molar-refractivity contribution < 1.29 is 19.1 Å². The van der Waals surface area contributed by atoms with Gasteiger partial charge >= 0.3 is 0 Å². The number of hydrogen-bond donors (Lipinski definition) is 1. The largest absolute Gasteiger partial charge is 0.482 e. The molecule has 1 saturated heterocycles. The van der Waals surface area contributed by atoms with Crippen LogP contribution in [0, 0.1) is 0 Å². The Kier molecular flexibility index (Phi) is 5.95. The number of benzene rings is 3. The fourth-order valence-corrected chi connectivity index (χ4v) is 4.07. The van der Waals surface area contributed by atoms with Crippen LogP contribution in [0.15, 0.2) is 72.8 Å². The van der Waals surface area contributed by atoms with Crippen LogP contribution in [0.25, 0.3) is 0 Å². The third-order valence-electron chi connectivity index (χ3n) is 5.85. The number of amides is 2. The maximum absolute atomic E-state index is 12.8. The molecule has 33 heavy (non-hydrogen) atoms. The van der Waals surface area contributed by atoms with Crippen LogP contribution in [0.2, 0.25) is 0 Å². The third kappa shape index (κ3) is 4.68. The lowest BCUT2D eigenvalue weighted by Gasteiger charge is -2.29. The summed E-state index contributed by atoms with van der Waals surface area (Å²) in [5, 5.41) is 2.94. The van der Waals surface area contributed by atoms with Crippen LogP contribution in [-0.4, -0.2) is 44.7 Å². The Balaban J connectivity index is 1.29. The highest BCUT2D eigenvalue weighted by Gasteiger charge is 2.26. The Morgan fingerprint density at radius 2 is 1.70 bits per heavy atom. The number of rotatable bonds is 5. The van der Waals surface area contributed by atoms with Crippen LogP contribution < -0.4 is 19.9 Å². The molecule has 168 valence electrons. The molecule has 1 N–H and O–H groups in total. The van der Waals surface area contributed by atoms with Gasteiger partial charge in [-0.15, -0.1) is 0 Å². The molecule has 0 unspecified atom stereocenters. The van der Waals surface area contributed by atoms with Gasteiger partial charge in [-0.3, -0.25) is 9.59 Å². The maximum Gasteiger partial charge on any atom is 0.265 e. The number of nitrogens with one attached hydrogen (secondary N) is 1. The molecule has 0 atom stereocenters. The lowest BCUT2D eigenvalue weighted by molar-refractivity contribution is -0.121. The Morgan fingerprint density at radius 1 is 0.939 bits per heavy atom. The summed E-state index contributed by atoms with van der Waals surface area (Å²) in [6.45, 7) is 3.60. The molecule has 5 rings (SSSR count). The molecular weight excluding hydrogens is 418 g/mol. The number of nitrogens with zero attached hydrogens (tertiary/aromatic N) is 2. The van der Waals surface area contributed by atoms with E-state index in [1.165, 1.54) is 0 Å². The smallest absolute Gasteiger partial charge is 0.265 e. The van der Waals surface area contributed by atoms with E-state index in [9.17, 15) is 9.59 Å². The summed E-state index contributed by atoms with van der Waals surface area (Å²) in [4.78, 5) is 29.3. The number of carbonyl (C=O) groups is 2. The van der Waals surface area contributed by atoms with Gasteiger partial charge in [0.2, 0.25) is 0 Å². The first-order valence-corrected chi connectivity index (χ1v) is 11.0. The van der Waals surface area contributed by atoms with Gasteiger partial charge in [0.25, 0.3) is 11.8 Å². The standard InChI is InChI=1S/C26H25N3O4/c30-25-18-33-24-16-20(6-11-23(24)29(25)17-19-4-2-1-3-5-19)26(31)27-21-7-9-22(10-8-21)28-12-14-32-15-13-28/h1-11,16H,12-15,17-18H2,(H,27,31). The van der Waals surface area contributed by atoms with Crippen molar-refractivity contribution in [1.29, 1.82) is 0 Å². The second-order valence-electron chi connectivity index (χ2n) is 8.04. The van der Waals surface area contributed by atoms with Crippen molar-refractivity contribution in [2.75, 3.05) is 48.0 Å². The Hall–Kier alpha value is -3.84. The van der Waals surface area contributed by atoms with Crippen LogP contribution in [0.1, 0.15) is 15.9 Å². The van der Waals surface area contributed by atoms with Gasteiger partial charge in [0, 0.05) is 30.0 Å². The van der Waals surface area contributed by atoms with Crippen molar-refractivity contribution in [2.24, 2.45) is 0 Å².